The fourth-order valence-corrected chi connectivity index (χ4v) is 3.23. The van der Waals surface area contributed by atoms with E-state index in [2.05, 4.69) is 49.2 Å². The molecule has 0 aliphatic rings. The van der Waals surface area contributed by atoms with Crippen molar-refractivity contribution in [1.82, 2.24) is 5.32 Å². The van der Waals surface area contributed by atoms with Crippen LogP contribution >= 0.6 is 11.6 Å². The van der Waals surface area contributed by atoms with Crippen molar-refractivity contribution in [3.05, 3.63) is 65.3 Å². The number of amides is 1. The van der Waals surface area contributed by atoms with E-state index in [0.717, 1.165) is 31.3 Å². The Hall–Kier alpha value is -1.80. The van der Waals surface area contributed by atoms with E-state index in [9.17, 15) is 4.79 Å². The smallest absolute Gasteiger partial charge is 0.216 e. The van der Waals surface area contributed by atoms with Gasteiger partial charge in [0.15, 0.2) is 0 Å². The Bertz CT molecular complexity index is 643. The molecule has 1 aromatic carbocycles. The van der Waals surface area contributed by atoms with Crippen molar-refractivity contribution in [1.29, 1.82) is 0 Å². The average Bonchev–Trinajstić information content (AvgIpc) is 2.57. The van der Waals surface area contributed by atoms with Gasteiger partial charge in [-0.1, -0.05) is 61.9 Å². The maximum absolute atomic E-state index is 11.2. The van der Waals surface area contributed by atoms with Gasteiger partial charge >= 0.3 is 0 Å². The number of allylic oxidation sites excluding steroid dienone is 4. The maximum atomic E-state index is 11.2. The zero-order valence-electron chi connectivity index (χ0n) is 15.7. The number of aryl methyl sites for hydroxylation is 1. The number of rotatable bonds is 10. The van der Waals surface area contributed by atoms with Crippen LogP contribution in [0.1, 0.15) is 51.2 Å². The van der Waals surface area contributed by atoms with Crippen LogP contribution in [0, 0.1) is 0 Å². The molecule has 1 amide bonds. The van der Waals surface area contributed by atoms with E-state index >= 15 is 0 Å². The topological polar surface area (TPSA) is 29.1 Å². The first-order valence-electron chi connectivity index (χ1n) is 8.97. The number of alkyl halides is 1. The number of benzene rings is 1. The molecule has 0 unspecified atom stereocenters. The van der Waals surface area contributed by atoms with Crippen molar-refractivity contribution < 1.29 is 4.79 Å². The normalized spacial score (nSPS) is 12.2. The summed E-state index contributed by atoms with van der Waals surface area (Å²) in [7, 11) is 0. The van der Waals surface area contributed by atoms with Crippen LogP contribution in [0.4, 0.5) is 0 Å². The molecule has 0 aromatic heterocycles. The molecule has 0 spiro atoms. The summed E-state index contributed by atoms with van der Waals surface area (Å²) in [5.41, 5.74) is 5.99. The van der Waals surface area contributed by atoms with Gasteiger partial charge in [0.05, 0.1) is 0 Å². The molecule has 0 bridgehead atoms. The highest BCUT2D eigenvalue weighted by atomic mass is 35.5. The molecule has 0 atom stereocenters. The molecule has 3 heteroatoms. The van der Waals surface area contributed by atoms with Gasteiger partial charge in [0.2, 0.25) is 5.91 Å². The van der Waals surface area contributed by atoms with Crippen molar-refractivity contribution in [2.24, 2.45) is 0 Å². The summed E-state index contributed by atoms with van der Waals surface area (Å²) in [6, 6.07) is 8.41. The monoisotopic (exact) mass is 359 g/mol. The number of carbonyl (C=O) groups excluding carboxylic acids is 1. The molecule has 0 fully saturated rings. The first kappa shape index (κ1) is 21.2. The Morgan fingerprint density at radius 3 is 2.60 bits per heavy atom. The molecule has 0 aliphatic heterocycles. The lowest BCUT2D eigenvalue weighted by molar-refractivity contribution is -0.118. The number of hydrogen-bond acceptors (Lipinski definition) is 1. The van der Waals surface area contributed by atoms with Crippen LogP contribution in [-0.4, -0.2) is 18.3 Å². The van der Waals surface area contributed by atoms with Gasteiger partial charge in [-0.05, 0) is 48.5 Å². The van der Waals surface area contributed by atoms with Crippen LogP contribution in [0.2, 0.25) is 0 Å². The van der Waals surface area contributed by atoms with E-state index in [0.29, 0.717) is 12.4 Å². The lowest BCUT2D eigenvalue weighted by atomic mass is 9.86. The number of halogens is 1. The van der Waals surface area contributed by atoms with Crippen molar-refractivity contribution >= 4 is 23.1 Å². The summed E-state index contributed by atoms with van der Waals surface area (Å²) in [4.78, 5) is 11.2. The molecule has 0 saturated heterocycles. The van der Waals surface area contributed by atoms with Crippen molar-refractivity contribution in [3.8, 4) is 0 Å². The minimum atomic E-state index is 0.00668. The highest BCUT2D eigenvalue weighted by Crippen LogP contribution is 2.33. The Labute approximate surface area is 157 Å². The van der Waals surface area contributed by atoms with Gasteiger partial charge in [-0.15, -0.1) is 11.6 Å². The quantitative estimate of drug-likeness (QED) is 0.422. The molecule has 1 aromatic rings. The van der Waals surface area contributed by atoms with E-state index in [-0.39, 0.29) is 5.91 Å². The van der Waals surface area contributed by atoms with Gasteiger partial charge in [-0.2, -0.15) is 0 Å². The maximum Gasteiger partial charge on any atom is 0.216 e. The predicted octanol–water partition coefficient (Wildman–Crippen LogP) is 5.68. The van der Waals surface area contributed by atoms with E-state index in [4.69, 9.17) is 11.6 Å². The highest BCUT2D eigenvalue weighted by Gasteiger charge is 2.14. The summed E-state index contributed by atoms with van der Waals surface area (Å²) < 4.78 is 0. The summed E-state index contributed by atoms with van der Waals surface area (Å²) in [5.74, 6) is 0.599. The summed E-state index contributed by atoms with van der Waals surface area (Å²) in [5, 5.41) is 2.91. The summed E-state index contributed by atoms with van der Waals surface area (Å²) in [6.07, 6.45) is 7.77. The lowest BCUT2D eigenvalue weighted by Gasteiger charge is -2.19. The van der Waals surface area contributed by atoms with Crippen LogP contribution in [0.15, 0.2) is 54.1 Å². The van der Waals surface area contributed by atoms with Crippen molar-refractivity contribution in [2.75, 3.05) is 12.4 Å². The van der Waals surface area contributed by atoms with Gasteiger partial charge in [0.1, 0.15) is 0 Å². The number of hydrogen-bond donors (Lipinski definition) is 1. The zero-order valence-corrected chi connectivity index (χ0v) is 16.5. The standard InChI is InChI=1S/C22H30ClNO/c1-5-9-17(3)22(20(10-6-2)14-16-24-18(4)25)21-12-8-7-11-19(21)13-15-23/h5,7-9,11-12H,3,6,10,13-16H2,1-2,4H3,(H,24,25)/b9-5-,22-20-. The van der Waals surface area contributed by atoms with Crippen LogP contribution in [0.3, 0.4) is 0 Å². The summed E-state index contributed by atoms with van der Waals surface area (Å²) >= 11 is 6.01. The molecule has 2 nitrogen and oxygen atoms in total. The lowest BCUT2D eigenvalue weighted by Crippen LogP contribution is -2.21. The Morgan fingerprint density at radius 1 is 1.28 bits per heavy atom. The van der Waals surface area contributed by atoms with Crippen LogP contribution in [0.5, 0.6) is 0 Å². The molecule has 0 aliphatic carbocycles. The largest absolute Gasteiger partial charge is 0.356 e. The minimum absolute atomic E-state index is 0.00668. The average molecular weight is 360 g/mol. The van der Waals surface area contributed by atoms with Gasteiger partial charge in [0, 0.05) is 19.3 Å². The third-order valence-electron chi connectivity index (χ3n) is 4.05. The first-order valence-corrected chi connectivity index (χ1v) is 9.51. The van der Waals surface area contributed by atoms with E-state index < -0.39 is 0 Å². The third kappa shape index (κ3) is 6.91. The second-order valence-corrected chi connectivity index (χ2v) is 6.46. The van der Waals surface area contributed by atoms with E-state index in [1.165, 1.54) is 22.3 Å². The molecule has 0 heterocycles. The molecule has 0 saturated carbocycles. The van der Waals surface area contributed by atoms with E-state index in [1.54, 1.807) is 6.92 Å². The number of nitrogens with one attached hydrogen (secondary N) is 1. The zero-order chi connectivity index (χ0) is 18.7. The van der Waals surface area contributed by atoms with Crippen LogP contribution in [-0.2, 0) is 11.2 Å². The molecule has 1 rings (SSSR count). The SMILES string of the molecule is C=C(/C=C\C)/C(=C(\CCC)CCNC(C)=O)c1ccccc1CCCl. The third-order valence-corrected chi connectivity index (χ3v) is 4.23. The Kier molecular flexibility index (Phi) is 9.94. The first-order chi connectivity index (χ1) is 12.0. The van der Waals surface area contributed by atoms with E-state index in [1.807, 2.05) is 13.0 Å². The van der Waals surface area contributed by atoms with Gasteiger partial charge in [-0.25, -0.2) is 0 Å². The Morgan fingerprint density at radius 2 is 2.00 bits per heavy atom. The number of carbonyl (C=O) groups is 1. The molecule has 136 valence electrons. The fraction of sp³-hybridized carbons (Fsp3) is 0.409. The molecular formula is C22H30ClNO. The second-order valence-electron chi connectivity index (χ2n) is 6.08. The fourth-order valence-electron chi connectivity index (χ4n) is 3.03. The molecule has 25 heavy (non-hydrogen) atoms. The highest BCUT2D eigenvalue weighted by molar-refractivity contribution is 6.18. The van der Waals surface area contributed by atoms with Crippen LogP contribution in [0.25, 0.3) is 5.57 Å². The predicted molar refractivity (Wildman–Crippen MR) is 110 cm³/mol. The molecule has 1 N–H and O–H groups in total. The minimum Gasteiger partial charge on any atom is -0.356 e. The van der Waals surface area contributed by atoms with Crippen molar-refractivity contribution in [3.63, 3.8) is 0 Å². The van der Waals surface area contributed by atoms with Crippen molar-refractivity contribution in [2.45, 2.75) is 46.5 Å². The molecule has 0 radical (unpaired) electrons. The van der Waals surface area contributed by atoms with Gasteiger partial charge in [0.25, 0.3) is 0 Å². The second kappa shape index (κ2) is 11.7. The van der Waals surface area contributed by atoms with Crippen LogP contribution < -0.4 is 5.32 Å². The van der Waals surface area contributed by atoms with Gasteiger partial charge < -0.3 is 5.32 Å². The molecular weight excluding hydrogens is 330 g/mol. The van der Waals surface area contributed by atoms with Gasteiger partial charge in [-0.3, -0.25) is 4.79 Å². The Balaban J connectivity index is 3.41. The summed E-state index contributed by atoms with van der Waals surface area (Å²) in [6.45, 7) is 10.7.